The molecule has 0 spiro atoms. The van der Waals surface area contributed by atoms with E-state index in [0.29, 0.717) is 5.92 Å². The lowest BCUT2D eigenvalue weighted by Gasteiger charge is -2.32. The fourth-order valence-electron chi connectivity index (χ4n) is 2.88. The Kier molecular flexibility index (Phi) is 3.50. The highest BCUT2D eigenvalue weighted by atomic mass is 16.4. The van der Waals surface area contributed by atoms with Gasteiger partial charge in [0.2, 0.25) is 0 Å². The maximum Gasteiger partial charge on any atom is 0.306 e. The number of hydrogen-bond acceptors (Lipinski definition) is 2. The second-order valence-corrected chi connectivity index (χ2v) is 5.28. The number of carboxylic acid groups (broad SMARTS) is 1. The third kappa shape index (κ3) is 2.68. The molecule has 0 radical (unpaired) electrons. The normalized spacial score (nSPS) is 29.2. The van der Waals surface area contributed by atoms with Crippen LogP contribution in [0.15, 0.2) is 12.4 Å². The zero-order chi connectivity index (χ0) is 12.4. The van der Waals surface area contributed by atoms with Crippen LogP contribution in [0.5, 0.6) is 0 Å². The summed E-state index contributed by atoms with van der Waals surface area (Å²) in [7, 11) is 1.96. The molecular weight excluding hydrogens is 216 g/mol. The monoisotopic (exact) mass is 236 g/mol. The second-order valence-electron chi connectivity index (χ2n) is 5.28. The van der Waals surface area contributed by atoms with Gasteiger partial charge in [-0.3, -0.25) is 4.79 Å². The van der Waals surface area contributed by atoms with E-state index in [0.717, 1.165) is 31.5 Å². The fraction of sp³-hybridized carbons (Fsp3) is 0.692. The predicted molar refractivity (Wildman–Crippen MR) is 64.5 cm³/mol. The third-order valence-corrected chi connectivity index (χ3v) is 3.93. The smallest absolute Gasteiger partial charge is 0.306 e. The molecule has 3 atom stereocenters. The van der Waals surface area contributed by atoms with Gasteiger partial charge in [-0.2, -0.15) is 0 Å². The molecule has 4 heteroatoms. The molecule has 1 fully saturated rings. The number of imidazole rings is 1. The molecule has 94 valence electrons. The highest BCUT2D eigenvalue weighted by Gasteiger charge is 2.34. The van der Waals surface area contributed by atoms with Crippen LogP contribution >= 0.6 is 0 Å². The first-order valence-electron chi connectivity index (χ1n) is 6.27. The first-order valence-corrected chi connectivity index (χ1v) is 6.27. The topological polar surface area (TPSA) is 55.1 Å². The first kappa shape index (κ1) is 12.1. The van der Waals surface area contributed by atoms with Crippen molar-refractivity contribution < 1.29 is 9.90 Å². The van der Waals surface area contributed by atoms with Crippen LogP contribution in [0.4, 0.5) is 0 Å². The van der Waals surface area contributed by atoms with Gasteiger partial charge in [0, 0.05) is 25.9 Å². The standard InChI is InChI=1S/C13H20N2O2/c1-9-3-4-11(13(16)17)10(7-9)8-12-14-5-6-15(12)2/h5-6,9-11H,3-4,7-8H2,1-2H3,(H,16,17). The van der Waals surface area contributed by atoms with Crippen molar-refractivity contribution in [2.45, 2.75) is 32.6 Å². The van der Waals surface area contributed by atoms with Crippen molar-refractivity contribution in [2.75, 3.05) is 0 Å². The molecule has 2 rings (SSSR count). The highest BCUT2D eigenvalue weighted by Crippen LogP contribution is 2.35. The van der Waals surface area contributed by atoms with Crippen molar-refractivity contribution in [2.24, 2.45) is 24.8 Å². The molecule has 1 heterocycles. The van der Waals surface area contributed by atoms with Gasteiger partial charge in [-0.15, -0.1) is 0 Å². The van der Waals surface area contributed by atoms with Gasteiger partial charge in [-0.25, -0.2) is 4.98 Å². The molecule has 4 nitrogen and oxygen atoms in total. The minimum Gasteiger partial charge on any atom is -0.481 e. The Labute approximate surface area is 102 Å². The van der Waals surface area contributed by atoms with Crippen LogP contribution in [0.1, 0.15) is 32.0 Å². The van der Waals surface area contributed by atoms with Crippen LogP contribution in [0.2, 0.25) is 0 Å². The number of carbonyl (C=O) groups is 1. The summed E-state index contributed by atoms with van der Waals surface area (Å²) in [5.41, 5.74) is 0. The molecule has 0 amide bonds. The summed E-state index contributed by atoms with van der Waals surface area (Å²) < 4.78 is 1.98. The third-order valence-electron chi connectivity index (χ3n) is 3.93. The Hall–Kier alpha value is -1.32. The molecule has 0 aromatic carbocycles. The first-order chi connectivity index (χ1) is 8.08. The largest absolute Gasteiger partial charge is 0.481 e. The van der Waals surface area contributed by atoms with Crippen LogP contribution in [-0.4, -0.2) is 20.6 Å². The van der Waals surface area contributed by atoms with Crippen molar-refractivity contribution in [1.82, 2.24) is 9.55 Å². The predicted octanol–water partition coefficient (Wildman–Crippen LogP) is 2.10. The maximum absolute atomic E-state index is 11.3. The fourth-order valence-corrected chi connectivity index (χ4v) is 2.88. The van der Waals surface area contributed by atoms with Crippen LogP contribution < -0.4 is 0 Å². The van der Waals surface area contributed by atoms with E-state index in [2.05, 4.69) is 11.9 Å². The maximum atomic E-state index is 11.3. The Balaban J connectivity index is 2.10. The summed E-state index contributed by atoms with van der Waals surface area (Å²) >= 11 is 0. The molecule has 1 aliphatic carbocycles. The Morgan fingerprint density at radius 3 is 2.94 bits per heavy atom. The van der Waals surface area contributed by atoms with E-state index in [1.54, 1.807) is 6.20 Å². The summed E-state index contributed by atoms with van der Waals surface area (Å²) in [4.78, 5) is 15.6. The van der Waals surface area contributed by atoms with Gasteiger partial charge in [0.1, 0.15) is 5.82 Å². The van der Waals surface area contributed by atoms with Crippen molar-refractivity contribution in [1.29, 1.82) is 0 Å². The molecule has 1 aliphatic rings. The number of rotatable bonds is 3. The van der Waals surface area contributed by atoms with E-state index in [-0.39, 0.29) is 11.8 Å². The van der Waals surface area contributed by atoms with Crippen molar-refractivity contribution >= 4 is 5.97 Å². The molecule has 1 aromatic rings. The molecule has 0 aliphatic heterocycles. The molecule has 17 heavy (non-hydrogen) atoms. The molecule has 0 saturated heterocycles. The quantitative estimate of drug-likeness (QED) is 0.874. The SMILES string of the molecule is CC1CCC(C(=O)O)C(Cc2nccn2C)C1. The van der Waals surface area contributed by atoms with E-state index >= 15 is 0 Å². The Bertz CT molecular complexity index is 400. The number of carboxylic acids is 1. The van der Waals surface area contributed by atoms with Crippen LogP contribution in [-0.2, 0) is 18.3 Å². The van der Waals surface area contributed by atoms with E-state index in [1.165, 1.54) is 0 Å². The summed E-state index contributed by atoms with van der Waals surface area (Å²) in [6, 6.07) is 0. The van der Waals surface area contributed by atoms with Gasteiger partial charge in [0.05, 0.1) is 5.92 Å². The molecule has 0 bridgehead atoms. The van der Waals surface area contributed by atoms with Crippen molar-refractivity contribution in [3.8, 4) is 0 Å². The number of nitrogens with zero attached hydrogens (tertiary/aromatic N) is 2. The van der Waals surface area contributed by atoms with Gasteiger partial charge in [-0.1, -0.05) is 6.92 Å². The van der Waals surface area contributed by atoms with Crippen LogP contribution in [0, 0.1) is 17.8 Å². The summed E-state index contributed by atoms with van der Waals surface area (Å²) in [5, 5.41) is 9.27. The average Bonchev–Trinajstić information content (AvgIpc) is 2.64. The zero-order valence-electron chi connectivity index (χ0n) is 10.5. The highest BCUT2D eigenvalue weighted by molar-refractivity contribution is 5.70. The van der Waals surface area contributed by atoms with E-state index in [1.807, 2.05) is 17.8 Å². The van der Waals surface area contributed by atoms with Crippen LogP contribution in [0.25, 0.3) is 0 Å². The van der Waals surface area contributed by atoms with Gasteiger partial charge < -0.3 is 9.67 Å². The number of hydrogen-bond donors (Lipinski definition) is 1. The van der Waals surface area contributed by atoms with Gasteiger partial charge in [-0.05, 0) is 31.1 Å². The van der Waals surface area contributed by atoms with E-state index < -0.39 is 5.97 Å². The van der Waals surface area contributed by atoms with Crippen molar-refractivity contribution in [3.63, 3.8) is 0 Å². The lowest BCUT2D eigenvalue weighted by Crippen LogP contribution is -2.31. The summed E-state index contributed by atoms with van der Waals surface area (Å²) in [5.74, 6) is 1.03. The molecule has 3 unspecified atom stereocenters. The van der Waals surface area contributed by atoms with E-state index in [4.69, 9.17) is 0 Å². The number of aryl methyl sites for hydroxylation is 1. The zero-order valence-corrected chi connectivity index (χ0v) is 10.5. The van der Waals surface area contributed by atoms with E-state index in [9.17, 15) is 9.90 Å². The molecular formula is C13H20N2O2. The molecule has 1 aromatic heterocycles. The molecule has 1 saturated carbocycles. The Morgan fingerprint density at radius 2 is 2.35 bits per heavy atom. The lowest BCUT2D eigenvalue weighted by molar-refractivity contribution is -0.145. The minimum absolute atomic E-state index is 0.192. The molecule has 1 N–H and O–H groups in total. The number of aliphatic carboxylic acids is 1. The summed E-state index contributed by atoms with van der Waals surface area (Å²) in [6.07, 6.45) is 7.32. The minimum atomic E-state index is -0.642. The average molecular weight is 236 g/mol. The van der Waals surface area contributed by atoms with Gasteiger partial charge in [0.25, 0.3) is 0 Å². The van der Waals surface area contributed by atoms with Crippen molar-refractivity contribution in [3.05, 3.63) is 18.2 Å². The van der Waals surface area contributed by atoms with Gasteiger partial charge in [0.15, 0.2) is 0 Å². The summed E-state index contributed by atoms with van der Waals surface area (Å²) in [6.45, 7) is 2.21. The number of aromatic nitrogens is 2. The van der Waals surface area contributed by atoms with Gasteiger partial charge >= 0.3 is 5.97 Å². The van der Waals surface area contributed by atoms with Crippen LogP contribution in [0.3, 0.4) is 0 Å². The second kappa shape index (κ2) is 4.90. The lowest BCUT2D eigenvalue weighted by atomic mass is 9.73. The Morgan fingerprint density at radius 1 is 1.59 bits per heavy atom.